The first-order valence-corrected chi connectivity index (χ1v) is 17.4. The highest BCUT2D eigenvalue weighted by molar-refractivity contribution is 6.36. The van der Waals surface area contributed by atoms with Crippen LogP contribution in [0.25, 0.3) is 11.3 Å². The van der Waals surface area contributed by atoms with Crippen LogP contribution in [0.5, 0.6) is 0 Å². The molecule has 14 nitrogen and oxygen atoms in total. The highest BCUT2D eigenvalue weighted by Gasteiger charge is 2.33. The number of carbonyl (C=O) groups excluding carboxylic acids is 3. The van der Waals surface area contributed by atoms with Crippen molar-refractivity contribution in [2.45, 2.75) is 65.3 Å². The maximum Gasteiger partial charge on any atom is 0.410 e. The summed E-state index contributed by atoms with van der Waals surface area (Å²) in [5, 5.41) is 6.20. The van der Waals surface area contributed by atoms with Crippen LogP contribution in [-0.2, 0) is 49.5 Å². The van der Waals surface area contributed by atoms with Crippen LogP contribution < -0.4 is 10.6 Å². The molecule has 0 bridgehead atoms. The summed E-state index contributed by atoms with van der Waals surface area (Å²) in [6, 6.07) is 7.52. The van der Waals surface area contributed by atoms with Crippen molar-refractivity contribution in [3.63, 3.8) is 0 Å². The molecule has 0 aliphatic carbocycles. The Morgan fingerprint density at radius 1 is 0.902 bits per heavy atom. The van der Waals surface area contributed by atoms with Gasteiger partial charge in [0.05, 0.1) is 53.6 Å². The summed E-state index contributed by atoms with van der Waals surface area (Å²) in [7, 11) is 3.67. The predicted octanol–water partition coefficient (Wildman–Crippen LogP) is 4.73. The Morgan fingerprint density at radius 2 is 1.53 bits per heavy atom. The van der Waals surface area contributed by atoms with Crippen LogP contribution in [0, 0.1) is 6.92 Å². The maximum absolute atomic E-state index is 13.6. The molecular formula is C36H42ClN9O5. The minimum Gasteiger partial charge on any atom is -0.444 e. The standard InChI is InChI=1S/C36H42ClN9O5/c1-20-22(8-7-9-23(20)41-33(47)31-40-26-17-46(15-12-28(26)44(31)6)35(49)51-36(2,3)4)30-29(37)24(10-13-38-30)42-34(48)32-39-25-16-45(21-18-50-19-21)14-11-27(25)43(32)5/h7-10,13,21H,11-12,14-19H2,1-6H3,(H,41,47)(H,38,42,48). The van der Waals surface area contributed by atoms with E-state index in [1.165, 1.54) is 0 Å². The van der Waals surface area contributed by atoms with Crippen LogP contribution in [0.4, 0.5) is 16.2 Å². The van der Waals surface area contributed by atoms with E-state index in [9.17, 15) is 14.4 Å². The lowest BCUT2D eigenvalue weighted by Gasteiger charge is -2.39. The molecule has 0 spiro atoms. The molecule has 3 aromatic heterocycles. The molecule has 0 unspecified atom stereocenters. The second-order valence-corrected chi connectivity index (χ2v) is 14.6. The van der Waals surface area contributed by atoms with Crippen LogP contribution in [0.2, 0.25) is 5.02 Å². The Kier molecular flexibility index (Phi) is 9.10. The zero-order valence-electron chi connectivity index (χ0n) is 29.7. The number of benzene rings is 1. The molecule has 1 aromatic carbocycles. The first-order valence-electron chi connectivity index (χ1n) is 17.0. The summed E-state index contributed by atoms with van der Waals surface area (Å²) in [5.41, 5.74) is 5.75. The van der Waals surface area contributed by atoms with E-state index in [1.807, 2.05) is 45.4 Å². The third-order valence-electron chi connectivity index (χ3n) is 9.71. The minimum absolute atomic E-state index is 0.234. The van der Waals surface area contributed by atoms with Gasteiger partial charge in [-0.25, -0.2) is 14.8 Å². The smallest absolute Gasteiger partial charge is 0.410 e. The topological polar surface area (TPSA) is 149 Å². The van der Waals surface area contributed by atoms with Crippen molar-refractivity contribution in [1.82, 2.24) is 33.9 Å². The van der Waals surface area contributed by atoms with E-state index < -0.39 is 17.6 Å². The number of imidazole rings is 2. The molecule has 1 saturated heterocycles. The Balaban J connectivity index is 1.07. The average molecular weight is 716 g/mol. The number of pyridine rings is 1. The van der Waals surface area contributed by atoms with Crippen molar-refractivity contribution >= 4 is 40.9 Å². The third-order valence-corrected chi connectivity index (χ3v) is 10.1. The minimum atomic E-state index is -0.609. The summed E-state index contributed by atoms with van der Waals surface area (Å²) in [6.07, 6.45) is 2.54. The van der Waals surface area contributed by atoms with E-state index in [0.717, 1.165) is 48.8 Å². The molecule has 268 valence electrons. The van der Waals surface area contributed by atoms with Crippen molar-refractivity contribution in [2.75, 3.05) is 36.9 Å². The van der Waals surface area contributed by atoms with Crippen molar-refractivity contribution in [1.29, 1.82) is 0 Å². The van der Waals surface area contributed by atoms with E-state index in [0.29, 0.717) is 59.7 Å². The Bertz CT molecular complexity index is 2040. The number of nitrogens with one attached hydrogen (secondary N) is 2. The first-order chi connectivity index (χ1) is 24.3. The molecule has 4 aromatic rings. The fourth-order valence-corrected chi connectivity index (χ4v) is 7.08. The number of aromatic nitrogens is 5. The number of hydrogen-bond acceptors (Lipinski definition) is 9. The molecule has 3 aliphatic rings. The summed E-state index contributed by atoms with van der Waals surface area (Å²) in [5.74, 6) is -0.208. The monoisotopic (exact) mass is 715 g/mol. The molecule has 6 heterocycles. The third kappa shape index (κ3) is 6.70. The van der Waals surface area contributed by atoms with Gasteiger partial charge in [-0.05, 0) is 45.4 Å². The van der Waals surface area contributed by atoms with Gasteiger partial charge in [0.1, 0.15) is 5.60 Å². The molecule has 1 fully saturated rings. The van der Waals surface area contributed by atoms with E-state index in [-0.39, 0.29) is 23.3 Å². The van der Waals surface area contributed by atoms with Crippen LogP contribution in [0.3, 0.4) is 0 Å². The summed E-state index contributed by atoms with van der Waals surface area (Å²) in [4.78, 5) is 57.7. The van der Waals surface area contributed by atoms with Gasteiger partial charge in [-0.1, -0.05) is 23.7 Å². The fourth-order valence-electron chi connectivity index (χ4n) is 6.82. The number of rotatable bonds is 6. The zero-order valence-corrected chi connectivity index (χ0v) is 30.4. The highest BCUT2D eigenvalue weighted by Crippen LogP contribution is 2.36. The summed E-state index contributed by atoms with van der Waals surface area (Å²) >= 11 is 6.91. The van der Waals surface area contributed by atoms with Crippen molar-refractivity contribution in [2.24, 2.45) is 14.1 Å². The normalized spacial score (nSPS) is 16.3. The number of amides is 3. The molecule has 51 heavy (non-hydrogen) atoms. The van der Waals surface area contributed by atoms with Crippen molar-refractivity contribution in [3.05, 3.63) is 75.5 Å². The van der Waals surface area contributed by atoms with Crippen molar-refractivity contribution < 1.29 is 23.9 Å². The van der Waals surface area contributed by atoms with E-state index >= 15 is 0 Å². The molecule has 0 saturated carbocycles. The Labute approximate surface area is 301 Å². The fraction of sp³-hybridized carbons (Fsp3) is 0.444. The molecule has 0 atom stereocenters. The lowest BCUT2D eigenvalue weighted by Crippen LogP contribution is -2.50. The zero-order chi connectivity index (χ0) is 36.2. The number of fused-ring (bicyclic) bond motifs is 2. The molecule has 7 rings (SSSR count). The van der Waals surface area contributed by atoms with Gasteiger partial charge in [-0.2, -0.15) is 0 Å². The van der Waals surface area contributed by atoms with Gasteiger partial charge in [0, 0.05) is 75.4 Å². The lowest BCUT2D eigenvalue weighted by atomic mass is 10.0. The molecule has 2 N–H and O–H groups in total. The first kappa shape index (κ1) is 34.6. The van der Waals surface area contributed by atoms with Crippen LogP contribution >= 0.6 is 11.6 Å². The number of anilines is 2. The average Bonchev–Trinajstić information content (AvgIpc) is 3.57. The molecule has 15 heteroatoms. The molecule has 3 amide bonds. The Hall–Kier alpha value is -4.79. The highest BCUT2D eigenvalue weighted by atomic mass is 35.5. The van der Waals surface area contributed by atoms with Gasteiger partial charge in [0.2, 0.25) is 0 Å². The predicted molar refractivity (Wildman–Crippen MR) is 191 cm³/mol. The quantitative estimate of drug-likeness (QED) is 0.289. The summed E-state index contributed by atoms with van der Waals surface area (Å²) < 4.78 is 14.5. The maximum atomic E-state index is 13.6. The van der Waals surface area contributed by atoms with Gasteiger partial charge in [0.15, 0.2) is 11.6 Å². The SMILES string of the molecule is Cc1c(NC(=O)c2nc3c(n2C)CCN(C(=O)OC(C)(C)C)C3)cccc1-c1nccc(NC(=O)c2nc3c(n2C)CCN(C2COC2)C3)c1Cl. The van der Waals surface area contributed by atoms with Gasteiger partial charge < -0.3 is 34.1 Å². The number of nitrogens with zero attached hydrogens (tertiary/aromatic N) is 7. The number of hydrogen-bond donors (Lipinski definition) is 2. The summed E-state index contributed by atoms with van der Waals surface area (Å²) in [6.45, 7) is 11.1. The van der Waals surface area contributed by atoms with Gasteiger partial charge in [-0.15, -0.1) is 0 Å². The number of ether oxygens (including phenoxy) is 2. The van der Waals surface area contributed by atoms with Gasteiger partial charge in [0.25, 0.3) is 11.8 Å². The van der Waals surface area contributed by atoms with Gasteiger partial charge >= 0.3 is 6.09 Å². The van der Waals surface area contributed by atoms with E-state index in [4.69, 9.17) is 26.1 Å². The second-order valence-electron chi connectivity index (χ2n) is 14.2. The van der Waals surface area contributed by atoms with Gasteiger partial charge in [-0.3, -0.25) is 19.5 Å². The molecule has 0 radical (unpaired) electrons. The van der Waals surface area contributed by atoms with E-state index in [1.54, 1.807) is 40.9 Å². The van der Waals surface area contributed by atoms with E-state index in [2.05, 4.69) is 25.5 Å². The number of halogens is 1. The number of carbonyl (C=O) groups is 3. The Morgan fingerprint density at radius 3 is 2.16 bits per heavy atom. The second kappa shape index (κ2) is 13.4. The molecule has 3 aliphatic heterocycles. The van der Waals surface area contributed by atoms with Crippen LogP contribution in [0.15, 0.2) is 30.5 Å². The molecular weight excluding hydrogens is 674 g/mol. The van der Waals surface area contributed by atoms with Crippen LogP contribution in [0.1, 0.15) is 70.3 Å². The lowest BCUT2D eigenvalue weighted by molar-refractivity contribution is -0.0700. The largest absolute Gasteiger partial charge is 0.444 e. The van der Waals surface area contributed by atoms with Crippen molar-refractivity contribution in [3.8, 4) is 11.3 Å². The van der Waals surface area contributed by atoms with Crippen LogP contribution in [-0.4, -0.2) is 89.7 Å².